The lowest BCUT2D eigenvalue weighted by molar-refractivity contribution is 0.1000. The summed E-state index contributed by atoms with van der Waals surface area (Å²) >= 11 is 0. The van der Waals surface area contributed by atoms with Crippen molar-refractivity contribution in [2.75, 3.05) is 18.0 Å². The molecule has 1 aliphatic heterocycles. The molecule has 114 valence electrons. The molecule has 0 aliphatic carbocycles. The van der Waals surface area contributed by atoms with Gasteiger partial charge in [0.25, 0.3) is 0 Å². The first-order valence-corrected chi connectivity index (χ1v) is 8.17. The average molecular weight is 301 g/mol. The molecule has 0 bridgehead atoms. The fourth-order valence-electron chi connectivity index (χ4n) is 3.50. The summed E-state index contributed by atoms with van der Waals surface area (Å²) in [5, 5.41) is 2.17. The second-order valence-corrected chi connectivity index (χ2v) is 6.10. The number of anilines is 1. The molecule has 0 fully saturated rings. The first-order chi connectivity index (χ1) is 11.3. The van der Waals surface area contributed by atoms with E-state index in [2.05, 4.69) is 41.3 Å². The second kappa shape index (κ2) is 5.88. The standard InChI is InChI=1S/C21H19NO/c23-21(19-12-5-9-16-7-1-3-11-18(16)19)15-22-14-6-10-17-8-2-4-13-20(17)22/h1-5,7-9,11-13H,6,10,14-15H2. The summed E-state index contributed by atoms with van der Waals surface area (Å²) in [4.78, 5) is 15.1. The van der Waals surface area contributed by atoms with Gasteiger partial charge in [-0.2, -0.15) is 0 Å². The number of aryl methyl sites for hydroxylation is 1. The van der Waals surface area contributed by atoms with E-state index in [1.807, 2.05) is 30.3 Å². The molecule has 1 heterocycles. The topological polar surface area (TPSA) is 20.3 Å². The van der Waals surface area contributed by atoms with Crippen LogP contribution in [0.1, 0.15) is 22.3 Å². The Balaban J connectivity index is 1.66. The Hall–Kier alpha value is -2.61. The normalized spacial score (nSPS) is 13.8. The van der Waals surface area contributed by atoms with Crippen LogP contribution in [0.5, 0.6) is 0 Å². The average Bonchev–Trinajstić information content (AvgIpc) is 2.61. The molecule has 23 heavy (non-hydrogen) atoms. The van der Waals surface area contributed by atoms with Crippen molar-refractivity contribution in [1.29, 1.82) is 0 Å². The van der Waals surface area contributed by atoms with E-state index in [4.69, 9.17) is 0 Å². The molecule has 0 amide bonds. The van der Waals surface area contributed by atoms with E-state index in [9.17, 15) is 4.79 Å². The van der Waals surface area contributed by atoms with Crippen molar-refractivity contribution in [2.24, 2.45) is 0 Å². The quantitative estimate of drug-likeness (QED) is 0.665. The molecule has 2 heteroatoms. The van der Waals surface area contributed by atoms with Gasteiger partial charge in [0, 0.05) is 17.8 Å². The molecule has 0 unspecified atom stereocenters. The molecular weight excluding hydrogens is 282 g/mol. The fourth-order valence-corrected chi connectivity index (χ4v) is 3.50. The highest BCUT2D eigenvalue weighted by atomic mass is 16.1. The van der Waals surface area contributed by atoms with E-state index in [1.54, 1.807) is 0 Å². The summed E-state index contributed by atoms with van der Waals surface area (Å²) in [6, 6.07) is 22.5. The van der Waals surface area contributed by atoms with Crippen LogP contribution >= 0.6 is 0 Å². The fraction of sp³-hybridized carbons (Fsp3) is 0.190. The minimum absolute atomic E-state index is 0.193. The molecule has 1 aliphatic rings. The van der Waals surface area contributed by atoms with E-state index in [0.29, 0.717) is 6.54 Å². The van der Waals surface area contributed by atoms with Gasteiger partial charge >= 0.3 is 0 Å². The van der Waals surface area contributed by atoms with Gasteiger partial charge in [-0.15, -0.1) is 0 Å². The summed E-state index contributed by atoms with van der Waals surface area (Å²) in [5.41, 5.74) is 3.39. The van der Waals surface area contributed by atoms with Crippen molar-refractivity contribution in [1.82, 2.24) is 0 Å². The maximum absolute atomic E-state index is 12.9. The number of fused-ring (bicyclic) bond motifs is 2. The molecule has 3 aromatic carbocycles. The highest BCUT2D eigenvalue weighted by molar-refractivity contribution is 6.09. The lowest BCUT2D eigenvalue weighted by Gasteiger charge is -2.30. The molecule has 3 aromatic rings. The van der Waals surface area contributed by atoms with E-state index >= 15 is 0 Å². The number of nitrogens with zero attached hydrogens (tertiary/aromatic N) is 1. The van der Waals surface area contributed by atoms with E-state index in [-0.39, 0.29) is 5.78 Å². The van der Waals surface area contributed by atoms with Gasteiger partial charge in [-0.05, 0) is 35.2 Å². The van der Waals surface area contributed by atoms with E-state index in [0.717, 1.165) is 35.7 Å². The summed E-state index contributed by atoms with van der Waals surface area (Å²) in [6.07, 6.45) is 2.22. The van der Waals surface area contributed by atoms with Crippen molar-refractivity contribution in [3.63, 3.8) is 0 Å². The lowest BCUT2D eigenvalue weighted by Crippen LogP contribution is -2.34. The maximum Gasteiger partial charge on any atom is 0.182 e. The Bertz CT molecular complexity index is 863. The highest BCUT2D eigenvalue weighted by Crippen LogP contribution is 2.27. The first kappa shape index (κ1) is 14.0. The zero-order valence-electron chi connectivity index (χ0n) is 13.0. The van der Waals surface area contributed by atoms with E-state index < -0.39 is 0 Å². The summed E-state index contributed by atoms with van der Waals surface area (Å²) in [6.45, 7) is 1.40. The molecule has 0 N–H and O–H groups in total. The SMILES string of the molecule is O=C(CN1CCCc2ccccc21)c1cccc2ccccc12. The van der Waals surface area contributed by atoms with Crippen LogP contribution in [0.15, 0.2) is 66.7 Å². The van der Waals surface area contributed by atoms with Crippen LogP contribution in [0.3, 0.4) is 0 Å². The predicted molar refractivity (Wildman–Crippen MR) is 95.3 cm³/mol. The van der Waals surface area contributed by atoms with Gasteiger partial charge in [0.1, 0.15) is 0 Å². The summed E-state index contributed by atoms with van der Waals surface area (Å²) in [7, 11) is 0. The van der Waals surface area contributed by atoms with Gasteiger partial charge in [0.2, 0.25) is 0 Å². The molecule has 0 radical (unpaired) electrons. The van der Waals surface area contributed by atoms with Crippen LogP contribution < -0.4 is 4.90 Å². The molecule has 0 saturated heterocycles. The Labute approximate surface area is 136 Å². The van der Waals surface area contributed by atoms with Gasteiger partial charge in [0.05, 0.1) is 6.54 Å². The van der Waals surface area contributed by atoms with Crippen LogP contribution in [-0.4, -0.2) is 18.9 Å². The van der Waals surface area contributed by atoms with Crippen LogP contribution in [0.2, 0.25) is 0 Å². The van der Waals surface area contributed by atoms with Crippen LogP contribution in [-0.2, 0) is 6.42 Å². The van der Waals surface area contributed by atoms with Gasteiger partial charge in [-0.1, -0.05) is 60.7 Å². The van der Waals surface area contributed by atoms with Crippen molar-refractivity contribution in [3.05, 3.63) is 77.9 Å². The number of carbonyl (C=O) groups is 1. The number of rotatable bonds is 3. The van der Waals surface area contributed by atoms with Gasteiger partial charge in [0.15, 0.2) is 5.78 Å². The third-order valence-corrected chi connectivity index (χ3v) is 4.63. The van der Waals surface area contributed by atoms with Crippen molar-refractivity contribution in [2.45, 2.75) is 12.8 Å². The van der Waals surface area contributed by atoms with Crippen LogP contribution in [0, 0.1) is 0 Å². The Kier molecular flexibility index (Phi) is 3.58. The summed E-state index contributed by atoms with van der Waals surface area (Å²) in [5.74, 6) is 0.193. The number of carbonyl (C=O) groups excluding carboxylic acids is 1. The minimum Gasteiger partial charge on any atom is -0.364 e. The van der Waals surface area contributed by atoms with E-state index in [1.165, 1.54) is 11.3 Å². The van der Waals surface area contributed by atoms with Gasteiger partial charge < -0.3 is 4.90 Å². The minimum atomic E-state index is 0.193. The molecule has 2 nitrogen and oxygen atoms in total. The highest BCUT2D eigenvalue weighted by Gasteiger charge is 2.20. The van der Waals surface area contributed by atoms with Gasteiger partial charge in [-0.25, -0.2) is 0 Å². The third-order valence-electron chi connectivity index (χ3n) is 4.63. The number of ketones is 1. The summed E-state index contributed by atoms with van der Waals surface area (Å²) < 4.78 is 0. The number of hydrogen-bond donors (Lipinski definition) is 0. The second-order valence-electron chi connectivity index (χ2n) is 6.10. The number of para-hydroxylation sites is 1. The number of hydrogen-bond acceptors (Lipinski definition) is 2. The molecule has 0 spiro atoms. The zero-order chi connectivity index (χ0) is 15.6. The smallest absolute Gasteiger partial charge is 0.182 e. The molecule has 0 saturated carbocycles. The van der Waals surface area contributed by atoms with Crippen molar-refractivity contribution in [3.8, 4) is 0 Å². The van der Waals surface area contributed by atoms with Crippen LogP contribution in [0.25, 0.3) is 10.8 Å². The molecule has 4 rings (SSSR count). The zero-order valence-corrected chi connectivity index (χ0v) is 13.0. The van der Waals surface area contributed by atoms with Crippen molar-refractivity contribution < 1.29 is 4.79 Å². The first-order valence-electron chi connectivity index (χ1n) is 8.17. The Morgan fingerprint density at radius 1 is 0.913 bits per heavy atom. The number of benzene rings is 3. The maximum atomic E-state index is 12.9. The van der Waals surface area contributed by atoms with Crippen LogP contribution in [0.4, 0.5) is 5.69 Å². The predicted octanol–water partition coefficient (Wildman–Crippen LogP) is 4.48. The number of Topliss-reactive ketones (excluding diaryl/α,β-unsaturated/α-hetero) is 1. The third kappa shape index (κ3) is 2.61. The Morgan fingerprint density at radius 2 is 1.70 bits per heavy atom. The lowest BCUT2D eigenvalue weighted by atomic mass is 9.98. The van der Waals surface area contributed by atoms with Crippen molar-refractivity contribution >= 4 is 22.2 Å². The monoisotopic (exact) mass is 301 g/mol. The molecule has 0 aromatic heterocycles. The largest absolute Gasteiger partial charge is 0.364 e. The molecular formula is C21H19NO. The molecule has 0 atom stereocenters. The Morgan fingerprint density at radius 3 is 2.65 bits per heavy atom. The van der Waals surface area contributed by atoms with Gasteiger partial charge in [-0.3, -0.25) is 4.79 Å².